The van der Waals surface area contributed by atoms with Crippen molar-refractivity contribution in [2.45, 2.75) is 84.0 Å². The van der Waals surface area contributed by atoms with Crippen LogP contribution in [0.2, 0.25) is 0 Å². The minimum Gasteiger partial charge on any atom is -0.496 e. The first-order valence-electron chi connectivity index (χ1n) is 16.6. The van der Waals surface area contributed by atoms with Gasteiger partial charge in [-0.05, 0) is 96.8 Å². The molecular formula is C36H48FN5O6. The molecule has 5 heterocycles. The molecule has 1 N–H and O–H groups in total. The number of amides is 2. The molecule has 2 atom stereocenters. The van der Waals surface area contributed by atoms with E-state index in [0.717, 1.165) is 54.8 Å². The highest BCUT2D eigenvalue weighted by atomic mass is 19.1. The van der Waals surface area contributed by atoms with Crippen LogP contribution in [0, 0.1) is 5.82 Å². The van der Waals surface area contributed by atoms with Gasteiger partial charge in [-0.25, -0.2) is 19.0 Å². The monoisotopic (exact) mass is 665 g/mol. The molecule has 260 valence electrons. The van der Waals surface area contributed by atoms with Crippen molar-refractivity contribution >= 4 is 29.0 Å². The fraction of sp³-hybridized carbons (Fsp3) is 0.556. The van der Waals surface area contributed by atoms with Gasteiger partial charge in [-0.3, -0.25) is 9.69 Å². The van der Waals surface area contributed by atoms with Crippen molar-refractivity contribution in [3.8, 4) is 16.9 Å². The third kappa shape index (κ3) is 8.63. The molecule has 2 unspecified atom stereocenters. The molecule has 6 rings (SSSR count). The van der Waals surface area contributed by atoms with Crippen molar-refractivity contribution in [2.24, 2.45) is 0 Å². The lowest BCUT2D eigenvalue weighted by Crippen LogP contribution is -2.39. The lowest BCUT2D eigenvalue weighted by Gasteiger charge is -2.26. The SMILES string of the molecule is CC(C)(C)OC(=O)N1CCC(=O)C1.COc1ccc(F)cc1-c1ccnc2[nH]c(C3CCN(C4CCN(C(=O)OC(C)(C)C)C4)C3)cc12. The van der Waals surface area contributed by atoms with Crippen LogP contribution in [-0.2, 0) is 14.3 Å². The average molecular weight is 666 g/mol. The van der Waals surface area contributed by atoms with Crippen LogP contribution in [0.3, 0.4) is 0 Å². The number of carbonyl (C=O) groups is 3. The molecule has 0 bridgehead atoms. The number of H-pyrrole nitrogens is 1. The van der Waals surface area contributed by atoms with Crippen LogP contribution in [0.1, 0.15) is 72.4 Å². The molecule has 0 saturated carbocycles. The number of methoxy groups -OCH3 is 1. The van der Waals surface area contributed by atoms with Gasteiger partial charge in [0, 0.05) is 67.4 Å². The van der Waals surface area contributed by atoms with Gasteiger partial charge in [0.2, 0.25) is 0 Å². The number of hydrogen-bond donors (Lipinski definition) is 1. The standard InChI is InChI=1S/C27H33FN4O3.C9H15NO3/c1-27(2,3)35-26(33)32-12-9-19(16-32)31-11-8-17(15-31)23-14-22-20(7-10-29-25(22)30-23)21-13-18(28)5-6-24(21)34-4;1-9(2,3)13-8(12)10-5-4-7(11)6-10/h5-7,10,13-14,17,19H,8-9,11-12,15-16H2,1-4H3,(H,29,30);4-6H2,1-3H3. The Bertz CT molecular complexity index is 1640. The second kappa shape index (κ2) is 14.1. The molecule has 3 aromatic rings. The van der Waals surface area contributed by atoms with Gasteiger partial charge in [0.05, 0.1) is 13.7 Å². The maximum Gasteiger partial charge on any atom is 0.410 e. The highest BCUT2D eigenvalue weighted by Crippen LogP contribution is 2.38. The molecule has 3 aliphatic rings. The molecule has 3 saturated heterocycles. The number of ether oxygens (including phenoxy) is 3. The van der Waals surface area contributed by atoms with Gasteiger partial charge in [-0.15, -0.1) is 0 Å². The number of fused-ring (bicyclic) bond motifs is 1. The molecular weight excluding hydrogens is 617 g/mol. The predicted octanol–water partition coefficient (Wildman–Crippen LogP) is 6.37. The Morgan fingerprint density at radius 2 is 1.60 bits per heavy atom. The van der Waals surface area contributed by atoms with Gasteiger partial charge in [0.25, 0.3) is 0 Å². The Kier molecular flexibility index (Phi) is 10.3. The number of benzene rings is 1. The lowest BCUT2D eigenvalue weighted by molar-refractivity contribution is -0.117. The first kappa shape index (κ1) is 35.1. The van der Waals surface area contributed by atoms with Crippen LogP contribution < -0.4 is 4.74 Å². The molecule has 3 aliphatic heterocycles. The third-order valence-electron chi connectivity index (χ3n) is 8.67. The van der Waals surface area contributed by atoms with E-state index in [9.17, 15) is 18.8 Å². The van der Waals surface area contributed by atoms with Crippen LogP contribution in [0.25, 0.3) is 22.2 Å². The van der Waals surface area contributed by atoms with Crippen LogP contribution in [0.4, 0.5) is 14.0 Å². The highest BCUT2D eigenvalue weighted by Gasteiger charge is 2.37. The summed E-state index contributed by atoms with van der Waals surface area (Å²) in [4.78, 5) is 48.5. The summed E-state index contributed by atoms with van der Waals surface area (Å²) in [5.41, 5.74) is 2.58. The number of aromatic nitrogens is 2. The van der Waals surface area contributed by atoms with E-state index in [4.69, 9.17) is 14.2 Å². The van der Waals surface area contributed by atoms with Gasteiger partial charge in [-0.2, -0.15) is 0 Å². The molecule has 0 radical (unpaired) electrons. The Balaban J connectivity index is 0.000000292. The Hall–Kier alpha value is -4.19. The van der Waals surface area contributed by atoms with Crippen molar-refractivity contribution in [3.05, 3.63) is 48.0 Å². The predicted molar refractivity (Wildman–Crippen MR) is 181 cm³/mol. The fourth-order valence-electron chi connectivity index (χ4n) is 6.41. The molecule has 12 heteroatoms. The number of ketones is 1. The summed E-state index contributed by atoms with van der Waals surface area (Å²) in [5.74, 6) is 0.780. The van der Waals surface area contributed by atoms with Gasteiger partial charge in [0.1, 0.15) is 28.4 Å². The minimum atomic E-state index is -0.483. The van der Waals surface area contributed by atoms with E-state index in [-0.39, 0.29) is 24.2 Å². The summed E-state index contributed by atoms with van der Waals surface area (Å²) in [6.45, 7) is 15.2. The molecule has 1 aromatic carbocycles. The summed E-state index contributed by atoms with van der Waals surface area (Å²) in [6.07, 6.45) is 3.58. The molecule has 0 aliphatic carbocycles. The van der Waals surface area contributed by atoms with Crippen LogP contribution in [0.5, 0.6) is 5.75 Å². The average Bonchev–Trinajstić information content (AvgIpc) is 3.81. The Morgan fingerprint density at radius 3 is 2.25 bits per heavy atom. The number of rotatable bonds is 4. The number of carbonyl (C=O) groups excluding carboxylic acids is 3. The second-order valence-electron chi connectivity index (χ2n) is 14.7. The maximum absolute atomic E-state index is 14.1. The van der Waals surface area contributed by atoms with Crippen molar-refractivity contribution in [1.82, 2.24) is 24.7 Å². The molecule has 3 fully saturated rings. The molecule has 2 amide bonds. The van der Waals surface area contributed by atoms with Gasteiger partial charge in [0.15, 0.2) is 5.78 Å². The number of halogens is 1. The first-order chi connectivity index (χ1) is 22.6. The van der Waals surface area contributed by atoms with E-state index in [1.165, 1.54) is 17.0 Å². The third-order valence-corrected chi connectivity index (χ3v) is 8.67. The van der Waals surface area contributed by atoms with Crippen LogP contribution in [-0.4, -0.2) is 106 Å². The molecule has 2 aromatic heterocycles. The van der Waals surface area contributed by atoms with Crippen molar-refractivity contribution in [3.63, 3.8) is 0 Å². The zero-order chi connectivity index (χ0) is 34.8. The van der Waals surface area contributed by atoms with Gasteiger partial charge in [-0.1, -0.05) is 0 Å². The minimum absolute atomic E-state index is 0.103. The summed E-state index contributed by atoms with van der Waals surface area (Å²) in [5, 5.41) is 0.960. The number of nitrogens with zero attached hydrogens (tertiary/aromatic N) is 4. The van der Waals surface area contributed by atoms with E-state index in [1.54, 1.807) is 19.4 Å². The quantitative estimate of drug-likeness (QED) is 0.342. The number of hydrogen-bond acceptors (Lipinski definition) is 8. The lowest BCUT2D eigenvalue weighted by atomic mass is 10.0. The second-order valence-corrected chi connectivity index (χ2v) is 14.7. The Morgan fingerprint density at radius 1 is 0.896 bits per heavy atom. The van der Waals surface area contributed by atoms with Crippen LogP contribution in [0.15, 0.2) is 36.5 Å². The Labute approximate surface area is 281 Å². The normalized spacial score (nSPS) is 20.2. The smallest absolute Gasteiger partial charge is 0.410 e. The van der Waals surface area contributed by atoms with Crippen LogP contribution >= 0.6 is 0 Å². The van der Waals surface area contributed by atoms with Crippen molar-refractivity contribution < 1.29 is 33.0 Å². The number of aromatic amines is 1. The van der Waals surface area contributed by atoms with Gasteiger partial charge < -0.3 is 29.0 Å². The number of pyridine rings is 1. The fourth-order valence-corrected chi connectivity index (χ4v) is 6.41. The number of likely N-dealkylation sites (tertiary alicyclic amines) is 3. The summed E-state index contributed by atoms with van der Waals surface area (Å²) >= 11 is 0. The van der Waals surface area contributed by atoms with Crippen molar-refractivity contribution in [1.29, 1.82) is 0 Å². The van der Waals surface area contributed by atoms with E-state index in [1.807, 2.05) is 52.5 Å². The van der Waals surface area contributed by atoms with Gasteiger partial charge >= 0.3 is 12.2 Å². The van der Waals surface area contributed by atoms with E-state index >= 15 is 0 Å². The summed E-state index contributed by atoms with van der Waals surface area (Å²) < 4.78 is 30.2. The highest BCUT2D eigenvalue weighted by molar-refractivity contribution is 5.95. The zero-order valence-electron chi connectivity index (χ0n) is 29.1. The van der Waals surface area contributed by atoms with Crippen molar-refractivity contribution in [2.75, 3.05) is 46.4 Å². The van der Waals surface area contributed by atoms with E-state index < -0.39 is 17.3 Å². The molecule has 0 spiro atoms. The molecule has 11 nitrogen and oxygen atoms in total. The zero-order valence-corrected chi connectivity index (χ0v) is 29.1. The first-order valence-corrected chi connectivity index (χ1v) is 16.6. The molecule has 48 heavy (non-hydrogen) atoms. The summed E-state index contributed by atoms with van der Waals surface area (Å²) in [6, 6.07) is 8.97. The number of Topliss-reactive ketones (excluding diaryl/α,β-unsaturated/α-hetero) is 1. The maximum atomic E-state index is 14.1. The van der Waals surface area contributed by atoms with E-state index in [2.05, 4.69) is 20.9 Å². The number of nitrogens with one attached hydrogen (secondary N) is 1. The topological polar surface area (TPSA) is 117 Å². The summed E-state index contributed by atoms with van der Waals surface area (Å²) in [7, 11) is 1.59. The largest absolute Gasteiger partial charge is 0.496 e. The van der Waals surface area contributed by atoms with E-state index in [0.29, 0.717) is 42.8 Å².